The molecule has 0 aliphatic rings. The average molecular weight is 291 g/mol. The van der Waals surface area contributed by atoms with Crippen LogP contribution in [0.3, 0.4) is 0 Å². The van der Waals surface area contributed by atoms with Crippen LogP contribution < -0.4 is 5.32 Å². The molecule has 0 bridgehead atoms. The summed E-state index contributed by atoms with van der Waals surface area (Å²) >= 11 is 1.61. The number of carbonyl (C=O) groups is 1. The first kappa shape index (κ1) is 14.7. The molecule has 1 heterocycles. The van der Waals surface area contributed by atoms with Gasteiger partial charge in [0.05, 0.1) is 11.6 Å². The second-order valence-corrected chi connectivity index (χ2v) is 5.79. The third-order valence-corrected chi connectivity index (χ3v) is 4.12. The number of benzene rings is 1. The Morgan fingerprint density at radius 2 is 2.20 bits per heavy atom. The first-order valence-corrected chi connectivity index (χ1v) is 7.60. The van der Waals surface area contributed by atoms with Crippen molar-refractivity contribution in [2.75, 3.05) is 0 Å². The molecule has 2 rings (SSSR count). The van der Waals surface area contributed by atoms with Crippen molar-refractivity contribution in [3.05, 3.63) is 57.5 Å². The number of amides is 1. The molecule has 1 aromatic carbocycles. The quantitative estimate of drug-likeness (QED) is 0.865. The summed E-state index contributed by atoms with van der Waals surface area (Å²) < 4.78 is 13.8. The summed E-state index contributed by atoms with van der Waals surface area (Å²) in [5.41, 5.74) is 0.913. The molecule has 1 aromatic heterocycles. The van der Waals surface area contributed by atoms with Crippen LogP contribution in [0.15, 0.2) is 35.7 Å². The maximum absolute atomic E-state index is 13.8. The van der Waals surface area contributed by atoms with Crippen LogP contribution >= 0.6 is 11.3 Å². The van der Waals surface area contributed by atoms with Crippen molar-refractivity contribution >= 4 is 17.2 Å². The molecule has 0 aliphatic carbocycles. The number of halogens is 1. The molecule has 0 radical (unpaired) electrons. The van der Waals surface area contributed by atoms with Gasteiger partial charge in [0.25, 0.3) is 5.91 Å². The van der Waals surface area contributed by atoms with Gasteiger partial charge in [0.15, 0.2) is 0 Å². The van der Waals surface area contributed by atoms with Crippen LogP contribution in [0.5, 0.6) is 0 Å². The van der Waals surface area contributed by atoms with E-state index in [1.165, 1.54) is 12.1 Å². The zero-order valence-corrected chi connectivity index (χ0v) is 12.5. The van der Waals surface area contributed by atoms with Crippen molar-refractivity contribution < 1.29 is 9.18 Å². The van der Waals surface area contributed by atoms with E-state index >= 15 is 0 Å². The highest BCUT2D eigenvalue weighted by Crippen LogP contribution is 2.24. The van der Waals surface area contributed by atoms with E-state index in [1.807, 2.05) is 17.5 Å². The van der Waals surface area contributed by atoms with Crippen LogP contribution in [-0.2, 0) is 0 Å². The van der Waals surface area contributed by atoms with Gasteiger partial charge in [-0.2, -0.15) is 0 Å². The molecule has 20 heavy (non-hydrogen) atoms. The summed E-state index contributed by atoms with van der Waals surface area (Å²) in [5, 5.41) is 4.91. The number of nitrogens with one attached hydrogen (secondary N) is 1. The third kappa shape index (κ3) is 3.45. The van der Waals surface area contributed by atoms with E-state index in [0.717, 1.165) is 23.3 Å². The van der Waals surface area contributed by atoms with E-state index in [1.54, 1.807) is 24.3 Å². The van der Waals surface area contributed by atoms with Crippen molar-refractivity contribution in [1.29, 1.82) is 0 Å². The second kappa shape index (κ2) is 6.66. The summed E-state index contributed by atoms with van der Waals surface area (Å²) in [6.45, 7) is 3.87. The van der Waals surface area contributed by atoms with Crippen molar-refractivity contribution in [3.63, 3.8) is 0 Å². The molecule has 1 atom stereocenters. The molecule has 0 spiro atoms. The van der Waals surface area contributed by atoms with Crippen LogP contribution in [-0.4, -0.2) is 5.91 Å². The standard InChI is InChI=1S/C16H18FNOS/c1-3-5-14(15-6-4-9-20-15)18-16(19)12-8-7-11(2)10-13(12)17/h4,6-10,14H,3,5H2,1-2H3,(H,18,19). The summed E-state index contributed by atoms with van der Waals surface area (Å²) in [5.74, 6) is -0.821. The lowest BCUT2D eigenvalue weighted by atomic mass is 10.1. The van der Waals surface area contributed by atoms with Gasteiger partial charge < -0.3 is 5.32 Å². The second-order valence-electron chi connectivity index (χ2n) is 4.81. The molecule has 1 unspecified atom stereocenters. The maximum Gasteiger partial charge on any atom is 0.254 e. The van der Waals surface area contributed by atoms with Crippen molar-refractivity contribution in [2.45, 2.75) is 32.7 Å². The first-order valence-electron chi connectivity index (χ1n) is 6.72. The summed E-state index contributed by atoms with van der Waals surface area (Å²) in [6, 6.07) is 8.58. The Balaban J connectivity index is 2.16. The number of hydrogen-bond acceptors (Lipinski definition) is 2. The molecule has 0 aliphatic heterocycles. The highest BCUT2D eigenvalue weighted by atomic mass is 32.1. The minimum atomic E-state index is -0.469. The largest absolute Gasteiger partial charge is 0.344 e. The number of carbonyl (C=O) groups excluding carboxylic acids is 1. The summed E-state index contributed by atoms with van der Waals surface area (Å²) in [4.78, 5) is 13.3. The molecule has 1 N–H and O–H groups in total. The van der Waals surface area contributed by atoms with Crippen LogP contribution in [0, 0.1) is 12.7 Å². The fraction of sp³-hybridized carbons (Fsp3) is 0.312. The van der Waals surface area contributed by atoms with E-state index in [2.05, 4.69) is 12.2 Å². The fourth-order valence-corrected chi connectivity index (χ4v) is 2.92. The normalized spacial score (nSPS) is 12.2. The lowest BCUT2D eigenvalue weighted by Gasteiger charge is -2.17. The number of thiophene rings is 1. The molecule has 4 heteroatoms. The topological polar surface area (TPSA) is 29.1 Å². The van der Waals surface area contributed by atoms with Crippen molar-refractivity contribution in [3.8, 4) is 0 Å². The van der Waals surface area contributed by atoms with Gasteiger partial charge in [0.2, 0.25) is 0 Å². The molecular weight excluding hydrogens is 273 g/mol. The zero-order valence-electron chi connectivity index (χ0n) is 11.7. The maximum atomic E-state index is 13.8. The predicted molar refractivity (Wildman–Crippen MR) is 80.6 cm³/mol. The van der Waals surface area contributed by atoms with E-state index < -0.39 is 5.82 Å². The Hall–Kier alpha value is -1.68. The Bertz CT molecular complexity index is 580. The number of rotatable bonds is 5. The van der Waals surface area contributed by atoms with Crippen LogP contribution in [0.4, 0.5) is 4.39 Å². The zero-order chi connectivity index (χ0) is 14.5. The minimum Gasteiger partial charge on any atom is -0.344 e. The van der Waals surface area contributed by atoms with Gasteiger partial charge in [-0.15, -0.1) is 11.3 Å². The Labute approximate surface area is 122 Å². The molecule has 0 fully saturated rings. The van der Waals surface area contributed by atoms with E-state index in [9.17, 15) is 9.18 Å². The molecule has 0 saturated carbocycles. The molecular formula is C16H18FNOS. The van der Waals surface area contributed by atoms with E-state index in [-0.39, 0.29) is 17.5 Å². The number of aryl methyl sites for hydroxylation is 1. The minimum absolute atomic E-state index is 0.0480. The Morgan fingerprint density at radius 3 is 2.80 bits per heavy atom. The van der Waals surface area contributed by atoms with Gasteiger partial charge in [0.1, 0.15) is 5.82 Å². The highest BCUT2D eigenvalue weighted by molar-refractivity contribution is 7.10. The number of hydrogen-bond donors (Lipinski definition) is 1. The predicted octanol–water partition coefficient (Wildman–Crippen LogP) is 4.47. The van der Waals surface area contributed by atoms with Gasteiger partial charge in [-0.3, -0.25) is 4.79 Å². The fourth-order valence-electron chi connectivity index (χ4n) is 2.10. The molecule has 0 saturated heterocycles. The molecule has 2 nitrogen and oxygen atoms in total. The Morgan fingerprint density at radius 1 is 1.40 bits per heavy atom. The monoisotopic (exact) mass is 291 g/mol. The van der Waals surface area contributed by atoms with E-state index in [4.69, 9.17) is 0 Å². The van der Waals surface area contributed by atoms with Crippen LogP contribution in [0.1, 0.15) is 46.6 Å². The lowest BCUT2D eigenvalue weighted by molar-refractivity contribution is 0.0931. The summed E-state index contributed by atoms with van der Waals surface area (Å²) in [6.07, 6.45) is 1.80. The Kier molecular flexibility index (Phi) is 4.90. The molecule has 1 amide bonds. The lowest BCUT2D eigenvalue weighted by Crippen LogP contribution is -2.28. The van der Waals surface area contributed by atoms with Crippen molar-refractivity contribution in [2.24, 2.45) is 0 Å². The molecule has 106 valence electrons. The average Bonchev–Trinajstić information content (AvgIpc) is 2.91. The van der Waals surface area contributed by atoms with Gasteiger partial charge >= 0.3 is 0 Å². The first-order chi connectivity index (χ1) is 9.61. The third-order valence-electron chi connectivity index (χ3n) is 3.14. The smallest absolute Gasteiger partial charge is 0.254 e. The van der Waals surface area contributed by atoms with Gasteiger partial charge in [-0.05, 0) is 42.5 Å². The van der Waals surface area contributed by atoms with Crippen LogP contribution in [0.2, 0.25) is 0 Å². The highest BCUT2D eigenvalue weighted by Gasteiger charge is 2.18. The van der Waals surface area contributed by atoms with Gasteiger partial charge in [-0.25, -0.2) is 4.39 Å². The molecule has 2 aromatic rings. The van der Waals surface area contributed by atoms with Crippen LogP contribution in [0.25, 0.3) is 0 Å². The van der Waals surface area contributed by atoms with Crippen molar-refractivity contribution in [1.82, 2.24) is 5.32 Å². The van der Waals surface area contributed by atoms with Gasteiger partial charge in [0, 0.05) is 4.88 Å². The SMILES string of the molecule is CCCC(NC(=O)c1ccc(C)cc1F)c1cccs1. The van der Waals surface area contributed by atoms with E-state index in [0.29, 0.717) is 0 Å². The summed E-state index contributed by atoms with van der Waals surface area (Å²) in [7, 11) is 0. The van der Waals surface area contributed by atoms with Gasteiger partial charge in [-0.1, -0.05) is 25.5 Å².